The molecule has 0 spiro atoms. The Morgan fingerprint density at radius 1 is 1.09 bits per heavy atom. The van der Waals surface area contributed by atoms with Gasteiger partial charge in [0.05, 0.1) is 14.2 Å². The van der Waals surface area contributed by atoms with Gasteiger partial charge in [0, 0.05) is 15.7 Å². The zero-order chi connectivity index (χ0) is 16.1. The Balaban J connectivity index is 2.11. The molecule has 6 heteroatoms. The summed E-state index contributed by atoms with van der Waals surface area (Å²) in [5, 5.41) is 10.3. The Kier molecular flexibility index (Phi) is 5.51. The van der Waals surface area contributed by atoms with E-state index in [2.05, 4.69) is 15.9 Å². The van der Waals surface area contributed by atoms with Gasteiger partial charge >= 0.3 is 0 Å². The Bertz CT molecular complexity index is 631. The standard InChI is InChI=1S/C16H18BrNO4/c1-20-15-7-12(13(17)8-16(15)21-2)14(19)9-22-11-5-3-10(18)4-6-11/h3-8,14,19H,9,18H2,1-2H3. The SMILES string of the molecule is COc1cc(Br)c(C(O)COc2ccc(N)cc2)cc1OC. The average Bonchev–Trinajstić information content (AvgIpc) is 2.53. The van der Waals surface area contributed by atoms with E-state index < -0.39 is 6.10 Å². The number of methoxy groups -OCH3 is 2. The second kappa shape index (κ2) is 7.38. The van der Waals surface area contributed by atoms with Crippen LogP contribution in [0.2, 0.25) is 0 Å². The number of rotatable bonds is 6. The molecule has 3 N–H and O–H groups in total. The average molecular weight is 368 g/mol. The summed E-state index contributed by atoms with van der Waals surface area (Å²) in [5.74, 6) is 1.78. The minimum Gasteiger partial charge on any atom is -0.493 e. The molecule has 2 aromatic carbocycles. The number of anilines is 1. The van der Waals surface area contributed by atoms with Crippen LogP contribution in [0.4, 0.5) is 5.69 Å². The van der Waals surface area contributed by atoms with E-state index in [0.717, 1.165) is 4.47 Å². The molecule has 2 rings (SSSR count). The lowest BCUT2D eigenvalue weighted by Crippen LogP contribution is -2.10. The van der Waals surface area contributed by atoms with Crippen molar-refractivity contribution < 1.29 is 19.3 Å². The number of hydrogen-bond acceptors (Lipinski definition) is 5. The molecule has 0 aliphatic carbocycles. The lowest BCUT2D eigenvalue weighted by atomic mass is 10.1. The third-order valence-electron chi connectivity index (χ3n) is 3.15. The maximum Gasteiger partial charge on any atom is 0.161 e. The fraction of sp³-hybridized carbons (Fsp3) is 0.250. The molecule has 22 heavy (non-hydrogen) atoms. The van der Waals surface area contributed by atoms with Gasteiger partial charge in [-0.25, -0.2) is 0 Å². The third kappa shape index (κ3) is 3.84. The largest absolute Gasteiger partial charge is 0.493 e. The van der Waals surface area contributed by atoms with E-state index in [9.17, 15) is 5.11 Å². The van der Waals surface area contributed by atoms with Gasteiger partial charge in [-0.1, -0.05) is 15.9 Å². The lowest BCUT2D eigenvalue weighted by molar-refractivity contribution is 0.107. The van der Waals surface area contributed by atoms with Gasteiger partial charge in [0.15, 0.2) is 11.5 Å². The Labute approximate surface area is 137 Å². The number of ether oxygens (including phenoxy) is 3. The van der Waals surface area contributed by atoms with Crippen molar-refractivity contribution in [3.63, 3.8) is 0 Å². The van der Waals surface area contributed by atoms with Crippen LogP contribution in [0.3, 0.4) is 0 Å². The summed E-state index contributed by atoms with van der Waals surface area (Å²) in [6.45, 7) is 0.109. The van der Waals surface area contributed by atoms with Crippen LogP contribution in [0, 0.1) is 0 Å². The molecule has 0 saturated carbocycles. The first kappa shape index (κ1) is 16.5. The first-order valence-corrected chi connectivity index (χ1v) is 7.42. The first-order valence-electron chi connectivity index (χ1n) is 6.63. The third-order valence-corrected chi connectivity index (χ3v) is 3.84. The monoisotopic (exact) mass is 367 g/mol. The molecular formula is C16H18BrNO4. The molecule has 0 aliphatic heterocycles. The summed E-state index contributed by atoms with van der Waals surface area (Å²) in [7, 11) is 3.11. The molecular weight excluding hydrogens is 350 g/mol. The van der Waals surface area contributed by atoms with Crippen molar-refractivity contribution in [1.29, 1.82) is 0 Å². The van der Waals surface area contributed by atoms with Gasteiger partial charge in [-0.15, -0.1) is 0 Å². The van der Waals surface area contributed by atoms with Crippen LogP contribution >= 0.6 is 15.9 Å². The van der Waals surface area contributed by atoms with Gasteiger partial charge in [0.25, 0.3) is 0 Å². The van der Waals surface area contributed by atoms with Gasteiger partial charge in [-0.2, -0.15) is 0 Å². The van der Waals surface area contributed by atoms with Crippen LogP contribution in [0.5, 0.6) is 17.2 Å². The van der Waals surface area contributed by atoms with Gasteiger partial charge in [-0.3, -0.25) is 0 Å². The Hall–Kier alpha value is -1.92. The van der Waals surface area contributed by atoms with Crippen LogP contribution in [0.25, 0.3) is 0 Å². The number of nitrogen functional groups attached to an aromatic ring is 1. The molecule has 2 aromatic rings. The number of benzene rings is 2. The van der Waals surface area contributed by atoms with Gasteiger partial charge in [0.1, 0.15) is 18.5 Å². The van der Waals surface area contributed by atoms with Crippen molar-refractivity contribution in [3.8, 4) is 17.2 Å². The quantitative estimate of drug-likeness (QED) is 0.767. The van der Waals surface area contributed by atoms with E-state index >= 15 is 0 Å². The van der Waals surface area contributed by atoms with E-state index in [-0.39, 0.29) is 6.61 Å². The highest BCUT2D eigenvalue weighted by molar-refractivity contribution is 9.10. The van der Waals surface area contributed by atoms with E-state index in [1.54, 1.807) is 50.6 Å². The smallest absolute Gasteiger partial charge is 0.161 e. The molecule has 1 unspecified atom stereocenters. The van der Waals surface area contributed by atoms with Crippen LogP contribution in [0.15, 0.2) is 40.9 Å². The lowest BCUT2D eigenvalue weighted by Gasteiger charge is -2.17. The molecule has 0 amide bonds. The molecule has 0 heterocycles. The molecule has 0 aromatic heterocycles. The van der Waals surface area contributed by atoms with Crippen molar-refractivity contribution >= 4 is 21.6 Å². The van der Waals surface area contributed by atoms with Gasteiger partial charge in [0.2, 0.25) is 0 Å². The second-order valence-corrected chi connectivity index (χ2v) is 5.48. The topological polar surface area (TPSA) is 73.9 Å². The van der Waals surface area contributed by atoms with Crippen LogP contribution in [-0.2, 0) is 0 Å². The van der Waals surface area contributed by atoms with Crippen LogP contribution in [0.1, 0.15) is 11.7 Å². The summed E-state index contributed by atoms with van der Waals surface area (Å²) in [6, 6.07) is 10.5. The van der Waals surface area contributed by atoms with Crippen molar-refractivity contribution in [3.05, 3.63) is 46.4 Å². The molecule has 1 atom stereocenters. The fourth-order valence-electron chi connectivity index (χ4n) is 1.95. The highest BCUT2D eigenvalue weighted by atomic mass is 79.9. The minimum absolute atomic E-state index is 0.109. The molecule has 5 nitrogen and oxygen atoms in total. The Morgan fingerprint density at radius 2 is 1.68 bits per heavy atom. The summed E-state index contributed by atoms with van der Waals surface area (Å²) in [4.78, 5) is 0. The first-order chi connectivity index (χ1) is 10.5. The predicted octanol–water partition coefficient (Wildman–Crippen LogP) is 3.16. The molecule has 0 fully saturated rings. The summed E-state index contributed by atoms with van der Waals surface area (Å²) in [5.41, 5.74) is 6.94. The summed E-state index contributed by atoms with van der Waals surface area (Å²) in [6.07, 6.45) is -0.813. The fourth-order valence-corrected chi connectivity index (χ4v) is 2.54. The summed E-state index contributed by atoms with van der Waals surface area (Å²) >= 11 is 3.42. The minimum atomic E-state index is -0.813. The van der Waals surface area contributed by atoms with Crippen LogP contribution in [-0.4, -0.2) is 25.9 Å². The zero-order valence-electron chi connectivity index (χ0n) is 12.4. The second-order valence-electron chi connectivity index (χ2n) is 4.62. The molecule has 0 bridgehead atoms. The normalized spacial score (nSPS) is 11.8. The van der Waals surface area contributed by atoms with Crippen molar-refractivity contribution in [1.82, 2.24) is 0 Å². The molecule has 0 saturated heterocycles. The predicted molar refractivity (Wildman–Crippen MR) is 88.6 cm³/mol. The number of aliphatic hydroxyl groups is 1. The Morgan fingerprint density at radius 3 is 2.27 bits per heavy atom. The molecule has 0 radical (unpaired) electrons. The van der Waals surface area contributed by atoms with Crippen molar-refractivity contribution in [2.24, 2.45) is 0 Å². The van der Waals surface area contributed by atoms with E-state index in [1.165, 1.54) is 0 Å². The maximum atomic E-state index is 10.3. The molecule has 118 valence electrons. The van der Waals surface area contributed by atoms with Gasteiger partial charge < -0.3 is 25.1 Å². The number of nitrogens with two attached hydrogens (primary N) is 1. The van der Waals surface area contributed by atoms with Gasteiger partial charge in [-0.05, 0) is 36.4 Å². The van der Waals surface area contributed by atoms with Crippen molar-refractivity contribution in [2.45, 2.75) is 6.10 Å². The van der Waals surface area contributed by atoms with Crippen molar-refractivity contribution in [2.75, 3.05) is 26.6 Å². The van der Waals surface area contributed by atoms with E-state index in [0.29, 0.717) is 28.5 Å². The van der Waals surface area contributed by atoms with E-state index in [4.69, 9.17) is 19.9 Å². The number of aliphatic hydroxyl groups excluding tert-OH is 1. The number of halogens is 1. The summed E-state index contributed by atoms with van der Waals surface area (Å²) < 4.78 is 16.7. The molecule has 0 aliphatic rings. The van der Waals surface area contributed by atoms with E-state index in [1.807, 2.05) is 0 Å². The number of hydrogen-bond donors (Lipinski definition) is 2. The highest BCUT2D eigenvalue weighted by Crippen LogP contribution is 2.36. The maximum absolute atomic E-state index is 10.3. The highest BCUT2D eigenvalue weighted by Gasteiger charge is 2.16. The zero-order valence-corrected chi connectivity index (χ0v) is 14.0. The van der Waals surface area contributed by atoms with Crippen LogP contribution < -0.4 is 19.9 Å².